The summed E-state index contributed by atoms with van der Waals surface area (Å²) in [5, 5.41) is 4.14. The Kier molecular flexibility index (Phi) is 5.56. The van der Waals surface area contributed by atoms with Gasteiger partial charge in [-0.15, -0.1) is 0 Å². The fraction of sp³-hybridized carbons (Fsp3) is 0.412. The minimum absolute atomic E-state index is 0.118. The third kappa shape index (κ3) is 3.78. The lowest BCUT2D eigenvalue weighted by atomic mass is 10.2. The summed E-state index contributed by atoms with van der Waals surface area (Å²) >= 11 is 8.00. The Morgan fingerprint density at radius 2 is 2.08 bits per heavy atom. The fourth-order valence-electron chi connectivity index (χ4n) is 3.03. The number of quaternary nitrogens is 1. The standard InChI is InChI=1S/C17H20ClN3O3S/c1-10(21-5-7-25-8-6-21)16(22)20-14-12-9-11(18)3-4-13(12)19-15(14)17(23)24-2/h3-4,9-10,19H,5-8H2,1-2H3,(H,20,22)/p+1/t10-/m0/s1. The van der Waals surface area contributed by atoms with Gasteiger partial charge in [0.1, 0.15) is 5.69 Å². The van der Waals surface area contributed by atoms with Crippen LogP contribution in [0.4, 0.5) is 5.69 Å². The number of anilines is 1. The molecule has 1 amide bonds. The highest BCUT2D eigenvalue weighted by Gasteiger charge is 2.29. The Bertz CT molecular complexity index is 802. The number of carbonyl (C=O) groups excluding carboxylic acids is 2. The Morgan fingerprint density at radius 1 is 1.36 bits per heavy atom. The predicted octanol–water partition coefficient (Wildman–Crippen LogP) is 1.57. The van der Waals surface area contributed by atoms with E-state index < -0.39 is 5.97 Å². The largest absolute Gasteiger partial charge is 0.464 e. The Balaban J connectivity index is 1.91. The second-order valence-electron chi connectivity index (χ2n) is 6.04. The first-order valence-electron chi connectivity index (χ1n) is 8.14. The number of amides is 1. The first kappa shape index (κ1) is 18.1. The minimum atomic E-state index is -0.531. The minimum Gasteiger partial charge on any atom is -0.464 e. The summed E-state index contributed by atoms with van der Waals surface area (Å²) in [7, 11) is 1.31. The summed E-state index contributed by atoms with van der Waals surface area (Å²) in [5.41, 5.74) is 1.37. The van der Waals surface area contributed by atoms with Gasteiger partial charge >= 0.3 is 5.97 Å². The maximum absolute atomic E-state index is 12.8. The molecule has 6 nitrogen and oxygen atoms in total. The van der Waals surface area contributed by atoms with Crippen molar-refractivity contribution >= 4 is 51.8 Å². The van der Waals surface area contributed by atoms with E-state index in [0.29, 0.717) is 16.1 Å². The van der Waals surface area contributed by atoms with Crippen LogP contribution < -0.4 is 10.2 Å². The highest BCUT2D eigenvalue weighted by molar-refractivity contribution is 7.99. The van der Waals surface area contributed by atoms with Gasteiger partial charge in [0.15, 0.2) is 6.04 Å². The molecule has 0 unspecified atom stereocenters. The summed E-state index contributed by atoms with van der Waals surface area (Å²) in [4.78, 5) is 29.1. The molecule has 0 radical (unpaired) electrons. The molecule has 1 aromatic heterocycles. The number of halogens is 1. The van der Waals surface area contributed by atoms with Crippen molar-refractivity contribution in [2.45, 2.75) is 13.0 Å². The van der Waals surface area contributed by atoms with Gasteiger partial charge in [0.2, 0.25) is 0 Å². The Hall–Kier alpha value is -1.70. The van der Waals surface area contributed by atoms with Crippen LogP contribution in [0.5, 0.6) is 0 Å². The lowest BCUT2D eigenvalue weighted by Gasteiger charge is -2.28. The average molecular weight is 383 g/mol. The van der Waals surface area contributed by atoms with Gasteiger partial charge in [0, 0.05) is 27.4 Å². The summed E-state index contributed by atoms with van der Waals surface area (Å²) < 4.78 is 4.83. The number of aromatic nitrogens is 1. The van der Waals surface area contributed by atoms with Gasteiger partial charge in [0.25, 0.3) is 5.91 Å². The van der Waals surface area contributed by atoms with Crippen molar-refractivity contribution in [2.24, 2.45) is 0 Å². The van der Waals surface area contributed by atoms with Gasteiger partial charge in [-0.05, 0) is 25.1 Å². The van der Waals surface area contributed by atoms with Gasteiger partial charge < -0.3 is 19.9 Å². The number of thioether (sulfide) groups is 1. The molecule has 3 N–H and O–H groups in total. The van der Waals surface area contributed by atoms with Crippen molar-refractivity contribution in [3.63, 3.8) is 0 Å². The summed E-state index contributed by atoms with van der Waals surface area (Å²) in [6.07, 6.45) is 0. The number of ether oxygens (including phenoxy) is 1. The van der Waals surface area contributed by atoms with E-state index in [1.165, 1.54) is 12.0 Å². The van der Waals surface area contributed by atoms with Crippen LogP contribution in [0.3, 0.4) is 0 Å². The van der Waals surface area contributed by atoms with Crippen LogP contribution >= 0.6 is 23.4 Å². The summed E-state index contributed by atoms with van der Waals surface area (Å²) in [6, 6.07) is 5.03. The van der Waals surface area contributed by atoms with E-state index in [1.807, 2.05) is 18.7 Å². The molecule has 134 valence electrons. The molecule has 0 aliphatic carbocycles. The number of carbonyl (C=O) groups is 2. The molecule has 0 spiro atoms. The number of benzene rings is 1. The van der Waals surface area contributed by atoms with Gasteiger partial charge in [-0.1, -0.05) is 11.6 Å². The number of rotatable bonds is 4. The van der Waals surface area contributed by atoms with Crippen LogP contribution in [0.25, 0.3) is 10.9 Å². The molecule has 2 heterocycles. The van der Waals surface area contributed by atoms with Crippen molar-refractivity contribution < 1.29 is 19.2 Å². The zero-order chi connectivity index (χ0) is 18.0. The molecule has 1 aliphatic heterocycles. The number of esters is 1. The lowest BCUT2D eigenvalue weighted by Crippen LogP contribution is -3.18. The molecular weight excluding hydrogens is 362 g/mol. The van der Waals surface area contributed by atoms with Gasteiger partial charge in [0.05, 0.1) is 25.9 Å². The van der Waals surface area contributed by atoms with E-state index in [4.69, 9.17) is 16.3 Å². The molecule has 0 bridgehead atoms. The zero-order valence-corrected chi connectivity index (χ0v) is 15.7. The topological polar surface area (TPSA) is 75.6 Å². The molecule has 1 aromatic carbocycles. The van der Waals surface area contributed by atoms with Crippen LogP contribution in [0, 0.1) is 0 Å². The average Bonchev–Trinajstić information content (AvgIpc) is 2.98. The van der Waals surface area contributed by atoms with E-state index in [1.54, 1.807) is 18.2 Å². The number of hydrogen-bond donors (Lipinski definition) is 3. The summed E-state index contributed by atoms with van der Waals surface area (Å²) in [5.74, 6) is 1.47. The van der Waals surface area contributed by atoms with Gasteiger partial charge in [-0.3, -0.25) is 4.79 Å². The number of H-pyrrole nitrogens is 1. The highest BCUT2D eigenvalue weighted by Crippen LogP contribution is 2.30. The van der Waals surface area contributed by atoms with E-state index in [9.17, 15) is 9.59 Å². The molecule has 1 atom stereocenters. The zero-order valence-electron chi connectivity index (χ0n) is 14.1. The van der Waals surface area contributed by atoms with Gasteiger partial charge in [-0.25, -0.2) is 4.79 Å². The molecule has 25 heavy (non-hydrogen) atoms. The Labute approximate surface area is 155 Å². The quantitative estimate of drug-likeness (QED) is 0.701. The number of hydrogen-bond acceptors (Lipinski definition) is 4. The van der Waals surface area contributed by atoms with Crippen LogP contribution in [0.2, 0.25) is 5.02 Å². The number of fused-ring (bicyclic) bond motifs is 1. The number of aromatic amines is 1. The fourth-order valence-corrected chi connectivity index (χ4v) is 4.22. The lowest BCUT2D eigenvalue weighted by molar-refractivity contribution is -0.910. The third-order valence-electron chi connectivity index (χ3n) is 4.54. The molecule has 1 saturated heterocycles. The van der Waals surface area contributed by atoms with Crippen molar-refractivity contribution in [3.05, 3.63) is 28.9 Å². The van der Waals surface area contributed by atoms with Crippen LogP contribution in [0.15, 0.2) is 18.2 Å². The molecule has 2 aromatic rings. The second-order valence-corrected chi connectivity index (χ2v) is 7.70. The SMILES string of the molecule is COC(=O)c1[nH]c2ccc(Cl)cc2c1NC(=O)[C@H](C)[NH+]1CCSCC1. The molecule has 1 aliphatic rings. The molecular formula is C17H21ClN3O3S+. The molecule has 0 saturated carbocycles. The van der Waals surface area contributed by atoms with E-state index in [0.717, 1.165) is 30.1 Å². The smallest absolute Gasteiger partial charge is 0.356 e. The van der Waals surface area contributed by atoms with E-state index >= 15 is 0 Å². The van der Waals surface area contributed by atoms with E-state index in [-0.39, 0.29) is 17.6 Å². The molecule has 1 fully saturated rings. The molecule has 3 rings (SSSR count). The van der Waals surface area contributed by atoms with Crippen LogP contribution in [0.1, 0.15) is 17.4 Å². The summed E-state index contributed by atoms with van der Waals surface area (Å²) in [6.45, 7) is 3.84. The van der Waals surface area contributed by atoms with Crippen LogP contribution in [-0.4, -0.2) is 54.6 Å². The van der Waals surface area contributed by atoms with Crippen molar-refractivity contribution in [2.75, 3.05) is 37.0 Å². The maximum Gasteiger partial charge on any atom is 0.356 e. The van der Waals surface area contributed by atoms with E-state index in [2.05, 4.69) is 10.3 Å². The van der Waals surface area contributed by atoms with Gasteiger partial charge in [-0.2, -0.15) is 11.8 Å². The van der Waals surface area contributed by atoms with Crippen molar-refractivity contribution in [1.29, 1.82) is 0 Å². The first-order chi connectivity index (χ1) is 12.0. The number of methoxy groups -OCH3 is 1. The molecule has 8 heteroatoms. The second kappa shape index (κ2) is 7.68. The maximum atomic E-state index is 12.8. The van der Waals surface area contributed by atoms with Crippen LogP contribution in [-0.2, 0) is 9.53 Å². The van der Waals surface area contributed by atoms with Crippen molar-refractivity contribution in [1.82, 2.24) is 4.98 Å². The highest BCUT2D eigenvalue weighted by atomic mass is 35.5. The number of nitrogens with one attached hydrogen (secondary N) is 3. The Morgan fingerprint density at radius 3 is 2.76 bits per heavy atom. The first-order valence-corrected chi connectivity index (χ1v) is 9.67. The predicted molar refractivity (Wildman–Crippen MR) is 101 cm³/mol. The third-order valence-corrected chi connectivity index (χ3v) is 5.76. The normalized spacial score (nSPS) is 16.6. The van der Waals surface area contributed by atoms with Crippen molar-refractivity contribution in [3.8, 4) is 0 Å². The monoisotopic (exact) mass is 382 g/mol.